The van der Waals surface area contributed by atoms with E-state index in [1.165, 1.54) is 10.8 Å². The van der Waals surface area contributed by atoms with Crippen LogP contribution in [0.1, 0.15) is 23.1 Å². The monoisotopic (exact) mass is 326 g/mol. The van der Waals surface area contributed by atoms with Gasteiger partial charge in [-0.25, -0.2) is 4.98 Å². The van der Waals surface area contributed by atoms with Crippen LogP contribution in [0.3, 0.4) is 0 Å². The predicted octanol–water partition coefficient (Wildman–Crippen LogP) is 3.92. The third-order valence-electron chi connectivity index (χ3n) is 4.10. The number of nitrogens with zero attached hydrogens (tertiary/aromatic N) is 1. The molecule has 3 rings (SSSR count). The van der Waals surface area contributed by atoms with Gasteiger partial charge in [0.05, 0.1) is 6.10 Å². The van der Waals surface area contributed by atoms with Crippen molar-refractivity contribution < 1.29 is 5.11 Å². The summed E-state index contributed by atoms with van der Waals surface area (Å²) >= 11 is 5.83. The van der Waals surface area contributed by atoms with Crippen molar-refractivity contribution in [3.8, 4) is 0 Å². The van der Waals surface area contributed by atoms with Gasteiger partial charge in [-0.15, -0.1) is 0 Å². The molecule has 0 unspecified atom stereocenters. The molecule has 0 aliphatic carbocycles. The molecule has 3 aromatic rings. The van der Waals surface area contributed by atoms with E-state index in [-0.39, 0.29) is 5.92 Å². The van der Waals surface area contributed by atoms with Gasteiger partial charge in [0.15, 0.2) is 0 Å². The molecule has 118 valence electrons. The van der Waals surface area contributed by atoms with Crippen LogP contribution in [0.4, 0.5) is 0 Å². The highest BCUT2D eigenvalue weighted by molar-refractivity contribution is 6.29. The minimum Gasteiger partial charge on any atom is -0.388 e. The normalized spacial score (nSPS) is 13.9. The molecular weight excluding hydrogens is 308 g/mol. The minimum atomic E-state index is -0.645. The summed E-state index contributed by atoms with van der Waals surface area (Å²) in [7, 11) is 1.89. The lowest BCUT2D eigenvalue weighted by atomic mass is 9.88. The molecule has 23 heavy (non-hydrogen) atoms. The topological polar surface area (TPSA) is 45.1 Å². The highest BCUT2D eigenvalue weighted by Gasteiger charge is 2.22. The summed E-state index contributed by atoms with van der Waals surface area (Å²) < 4.78 is 0. The largest absolute Gasteiger partial charge is 0.388 e. The fourth-order valence-corrected chi connectivity index (χ4v) is 2.98. The number of aromatic nitrogens is 1. The second kappa shape index (κ2) is 7.09. The standard InChI is InChI=1S/C19H19ClN2O/c1-21-12-17(19(23)16-8-9-18(20)22-11-16)15-7-6-13-4-2-3-5-14(13)10-15/h2-11,17,19,21,23H,12H2,1H3/t17-,19-/m1/s1. The molecule has 0 spiro atoms. The van der Waals surface area contributed by atoms with E-state index < -0.39 is 6.10 Å². The fraction of sp³-hybridized carbons (Fsp3) is 0.211. The molecule has 0 saturated carbocycles. The Bertz CT molecular complexity index is 789. The third kappa shape index (κ3) is 3.53. The highest BCUT2D eigenvalue weighted by atomic mass is 35.5. The molecular formula is C19H19ClN2O. The highest BCUT2D eigenvalue weighted by Crippen LogP contribution is 2.32. The molecule has 0 radical (unpaired) electrons. The number of aliphatic hydroxyl groups is 1. The lowest BCUT2D eigenvalue weighted by Gasteiger charge is -2.24. The van der Waals surface area contributed by atoms with Gasteiger partial charge in [0.1, 0.15) is 5.15 Å². The van der Waals surface area contributed by atoms with Crippen LogP contribution >= 0.6 is 11.6 Å². The summed E-state index contributed by atoms with van der Waals surface area (Å²) in [6, 6.07) is 18.1. The van der Waals surface area contributed by atoms with Crippen molar-refractivity contribution in [2.45, 2.75) is 12.0 Å². The Balaban J connectivity index is 1.97. The second-order valence-corrected chi connectivity index (χ2v) is 6.02. The molecule has 2 aromatic carbocycles. The van der Waals surface area contributed by atoms with Gasteiger partial charge in [0, 0.05) is 18.7 Å². The van der Waals surface area contributed by atoms with Gasteiger partial charge in [-0.3, -0.25) is 0 Å². The van der Waals surface area contributed by atoms with Crippen molar-refractivity contribution in [1.29, 1.82) is 0 Å². The zero-order chi connectivity index (χ0) is 16.2. The third-order valence-corrected chi connectivity index (χ3v) is 4.32. The number of hydrogen-bond acceptors (Lipinski definition) is 3. The number of likely N-dealkylation sites (N-methyl/N-ethyl adjacent to an activating group) is 1. The average Bonchev–Trinajstić information content (AvgIpc) is 2.59. The molecule has 0 aliphatic rings. The Labute approximate surface area is 140 Å². The molecule has 2 atom stereocenters. The zero-order valence-electron chi connectivity index (χ0n) is 12.9. The van der Waals surface area contributed by atoms with Crippen molar-refractivity contribution in [3.63, 3.8) is 0 Å². The number of benzene rings is 2. The quantitative estimate of drug-likeness (QED) is 0.698. The van der Waals surface area contributed by atoms with Crippen molar-refractivity contribution in [2.75, 3.05) is 13.6 Å². The van der Waals surface area contributed by atoms with E-state index in [1.54, 1.807) is 12.3 Å². The van der Waals surface area contributed by atoms with Crippen LogP contribution in [-0.2, 0) is 0 Å². The molecule has 0 amide bonds. The van der Waals surface area contributed by atoms with E-state index in [2.05, 4.69) is 40.6 Å². The minimum absolute atomic E-state index is 0.0624. The first kappa shape index (κ1) is 15.9. The Morgan fingerprint density at radius 1 is 1.04 bits per heavy atom. The molecule has 1 heterocycles. The van der Waals surface area contributed by atoms with Gasteiger partial charge < -0.3 is 10.4 Å². The number of hydrogen-bond donors (Lipinski definition) is 2. The fourth-order valence-electron chi connectivity index (χ4n) is 2.86. The molecule has 4 heteroatoms. The van der Waals surface area contributed by atoms with Gasteiger partial charge in [0.25, 0.3) is 0 Å². The summed E-state index contributed by atoms with van der Waals surface area (Å²) in [5, 5.41) is 16.8. The summed E-state index contributed by atoms with van der Waals surface area (Å²) in [6.07, 6.45) is 0.991. The van der Waals surface area contributed by atoms with E-state index in [4.69, 9.17) is 11.6 Å². The van der Waals surface area contributed by atoms with E-state index in [0.717, 1.165) is 11.1 Å². The zero-order valence-corrected chi connectivity index (χ0v) is 13.7. The van der Waals surface area contributed by atoms with Crippen LogP contribution < -0.4 is 5.32 Å². The van der Waals surface area contributed by atoms with Crippen molar-refractivity contribution >= 4 is 22.4 Å². The maximum atomic E-state index is 10.8. The summed E-state index contributed by atoms with van der Waals surface area (Å²) in [5.41, 5.74) is 1.86. The number of fused-ring (bicyclic) bond motifs is 1. The van der Waals surface area contributed by atoms with Crippen molar-refractivity contribution in [2.24, 2.45) is 0 Å². The van der Waals surface area contributed by atoms with E-state index in [1.807, 2.05) is 25.2 Å². The Kier molecular flexibility index (Phi) is 4.91. The molecule has 1 aromatic heterocycles. The Hall–Kier alpha value is -1.94. The first-order valence-corrected chi connectivity index (χ1v) is 7.99. The lowest BCUT2D eigenvalue weighted by Crippen LogP contribution is -2.23. The average molecular weight is 327 g/mol. The molecule has 0 fully saturated rings. The van der Waals surface area contributed by atoms with Crippen LogP contribution in [0, 0.1) is 0 Å². The first-order chi connectivity index (χ1) is 11.2. The van der Waals surface area contributed by atoms with Gasteiger partial charge in [-0.2, -0.15) is 0 Å². The summed E-state index contributed by atoms with van der Waals surface area (Å²) in [6.45, 7) is 0.669. The summed E-state index contributed by atoms with van der Waals surface area (Å²) in [4.78, 5) is 4.07. The Morgan fingerprint density at radius 3 is 2.48 bits per heavy atom. The number of nitrogens with one attached hydrogen (secondary N) is 1. The molecule has 0 saturated heterocycles. The van der Waals surface area contributed by atoms with Crippen LogP contribution in [0.2, 0.25) is 5.15 Å². The molecule has 2 N–H and O–H groups in total. The molecule has 3 nitrogen and oxygen atoms in total. The van der Waals surface area contributed by atoms with Gasteiger partial charge >= 0.3 is 0 Å². The van der Waals surface area contributed by atoms with Crippen molar-refractivity contribution in [3.05, 3.63) is 77.1 Å². The second-order valence-electron chi connectivity index (χ2n) is 5.63. The predicted molar refractivity (Wildman–Crippen MR) is 94.8 cm³/mol. The SMILES string of the molecule is CNC[C@H](c1ccc2ccccc2c1)[C@H](O)c1ccc(Cl)nc1. The first-order valence-electron chi connectivity index (χ1n) is 7.62. The number of pyridine rings is 1. The van der Waals surface area contributed by atoms with Crippen LogP contribution in [0.25, 0.3) is 10.8 Å². The van der Waals surface area contributed by atoms with Crippen molar-refractivity contribution in [1.82, 2.24) is 10.3 Å². The smallest absolute Gasteiger partial charge is 0.129 e. The maximum absolute atomic E-state index is 10.8. The number of halogens is 1. The lowest BCUT2D eigenvalue weighted by molar-refractivity contribution is 0.144. The van der Waals surface area contributed by atoms with E-state index in [0.29, 0.717) is 11.7 Å². The number of aliphatic hydroxyl groups excluding tert-OH is 1. The van der Waals surface area contributed by atoms with E-state index >= 15 is 0 Å². The Morgan fingerprint density at radius 2 is 1.78 bits per heavy atom. The molecule has 0 aliphatic heterocycles. The maximum Gasteiger partial charge on any atom is 0.129 e. The van der Waals surface area contributed by atoms with Crippen LogP contribution in [-0.4, -0.2) is 23.7 Å². The van der Waals surface area contributed by atoms with Crippen LogP contribution in [0.15, 0.2) is 60.8 Å². The molecule has 0 bridgehead atoms. The van der Waals surface area contributed by atoms with Gasteiger partial charge in [0.2, 0.25) is 0 Å². The van der Waals surface area contributed by atoms with Gasteiger partial charge in [-0.05, 0) is 35.0 Å². The van der Waals surface area contributed by atoms with Gasteiger partial charge in [-0.1, -0.05) is 60.1 Å². The number of rotatable bonds is 5. The van der Waals surface area contributed by atoms with Crippen LogP contribution in [0.5, 0.6) is 0 Å². The summed E-state index contributed by atoms with van der Waals surface area (Å²) in [5.74, 6) is -0.0624. The van der Waals surface area contributed by atoms with E-state index in [9.17, 15) is 5.11 Å².